The van der Waals surface area contributed by atoms with Crippen molar-refractivity contribution >= 4 is 17.3 Å². The van der Waals surface area contributed by atoms with Crippen molar-refractivity contribution in [3.8, 4) is 0 Å². The number of hydrogen-bond donors (Lipinski definition) is 1. The number of nitrogens with two attached hydrogens (primary N) is 1. The molecule has 104 valence electrons. The van der Waals surface area contributed by atoms with Crippen LogP contribution in [0.5, 0.6) is 0 Å². The molecule has 0 atom stereocenters. The molecule has 0 radical (unpaired) electrons. The van der Waals surface area contributed by atoms with E-state index in [0.29, 0.717) is 11.4 Å². The summed E-state index contributed by atoms with van der Waals surface area (Å²) < 4.78 is 14.3. The average Bonchev–Trinajstić information content (AvgIpc) is 2.42. The van der Waals surface area contributed by atoms with E-state index in [1.165, 1.54) is 53.0 Å². The second-order valence-electron chi connectivity index (χ2n) is 4.36. The molecule has 1 aromatic carbocycles. The number of likely N-dealkylation sites (N-methyl/N-ethyl adjacent to an activating group) is 1. The van der Waals surface area contributed by atoms with E-state index >= 15 is 0 Å². The molecule has 1 heterocycles. The van der Waals surface area contributed by atoms with Gasteiger partial charge in [0.05, 0.1) is 0 Å². The molecule has 0 bridgehead atoms. The number of anilines is 2. The van der Waals surface area contributed by atoms with Crippen molar-refractivity contribution in [2.45, 2.75) is 6.54 Å². The Labute approximate surface area is 115 Å². The number of hydrogen-bond acceptors (Lipinski definition) is 3. The minimum absolute atomic E-state index is 0.156. The number of aromatic nitrogens is 1. The molecular formula is C14H14FN3O2. The molecule has 0 unspecified atom stereocenters. The highest BCUT2D eigenvalue weighted by molar-refractivity contribution is 5.92. The lowest BCUT2D eigenvalue weighted by Gasteiger charge is -2.18. The first-order valence-corrected chi connectivity index (χ1v) is 5.95. The van der Waals surface area contributed by atoms with Crippen LogP contribution in [-0.2, 0) is 11.3 Å². The molecule has 2 aromatic rings. The molecule has 0 saturated heterocycles. The van der Waals surface area contributed by atoms with E-state index in [4.69, 9.17) is 5.73 Å². The Bertz CT molecular complexity index is 697. The van der Waals surface area contributed by atoms with E-state index in [-0.39, 0.29) is 18.0 Å². The summed E-state index contributed by atoms with van der Waals surface area (Å²) in [5, 5.41) is 0. The van der Waals surface area contributed by atoms with Crippen molar-refractivity contribution in [1.82, 2.24) is 4.57 Å². The maximum absolute atomic E-state index is 13.1. The average molecular weight is 275 g/mol. The number of benzene rings is 1. The van der Waals surface area contributed by atoms with Gasteiger partial charge in [0.25, 0.3) is 5.56 Å². The fourth-order valence-electron chi connectivity index (χ4n) is 1.75. The third-order valence-electron chi connectivity index (χ3n) is 2.88. The Hall–Kier alpha value is -2.63. The highest BCUT2D eigenvalue weighted by atomic mass is 19.1. The summed E-state index contributed by atoms with van der Waals surface area (Å²) in [6, 6.07) is 8.44. The Kier molecular flexibility index (Phi) is 3.84. The van der Waals surface area contributed by atoms with Gasteiger partial charge in [-0.2, -0.15) is 0 Å². The van der Waals surface area contributed by atoms with Crippen molar-refractivity contribution in [3.63, 3.8) is 0 Å². The normalized spacial score (nSPS) is 10.3. The van der Waals surface area contributed by atoms with Crippen molar-refractivity contribution in [2.75, 3.05) is 17.7 Å². The molecule has 5 nitrogen and oxygen atoms in total. The van der Waals surface area contributed by atoms with Gasteiger partial charge in [0.15, 0.2) is 0 Å². The molecule has 0 aliphatic heterocycles. The summed E-state index contributed by atoms with van der Waals surface area (Å²) in [6.07, 6.45) is 1.40. The fourth-order valence-corrected chi connectivity index (χ4v) is 1.75. The van der Waals surface area contributed by atoms with Crippen molar-refractivity contribution in [1.29, 1.82) is 0 Å². The monoisotopic (exact) mass is 275 g/mol. The lowest BCUT2D eigenvalue weighted by molar-refractivity contribution is -0.118. The number of carbonyl (C=O) groups is 1. The zero-order valence-electron chi connectivity index (χ0n) is 10.9. The SMILES string of the molecule is CN(C(=O)Cn1cc(N)ccc1=O)c1cccc(F)c1. The summed E-state index contributed by atoms with van der Waals surface area (Å²) in [5.74, 6) is -0.772. The van der Waals surface area contributed by atoms with Crippen molar-refractivity contribution in [3.05, 3.63) is 58.8 Å². The molecule has 0 spiro atoms. The first kappa shape index (κ1) is 13.8. The van der Waals surface area contributed by atoms with Gasteiger partial charge in [-0.3, -0.25) is 9.59 Å². The number of carbonyl (C=O) groups excluding carboxylic acids is 1. The van der Waals surface area contributed by atoms with E-state index in [9.17, 15) is 14.0 Å². The first-order chi connectivity index (χ1) is 9.47. The number of halogens is 1. The van der Waals surface area contributed by atoms with Gasteiger partial charge in [-0.05, 0) is 24.3 Å². The Morgan fingerprint density at radius 2 is 2.10 bits per heavy atom. The van der Waals surface area contributed by atoms with Crippen LogP contribution in [0, 0.1) is 5.82 Å². The molecule has 6 heteroatoms. The predicted molar refractivity (Wildman–Crippen MR) is 74.9 cm³/mol. The van der Waals surface area contributed by atoms with E-state index in [1.807, 2.05) is 0 Å². The standard InChI is InChI=1S/C14H14FN3O2/c1-17(12-4-2-3-10(15)7-12)14(20)9-18-8-11(16)5-6-13(18)19/h2-8H,9,16H2,1H3. The summed E-state index contributed by atoms with van der Waals surface area (Å²) in [4.78, 5) is 25.0. The van der Waals surface area contributed by atoms with Gasteiger partial charge in [0, 0.05) is 30.7 Å². The molecule has 0 aliphatic carbocycles. The van der Waals surface area contributed by atoms with Gasteiger partial charge >= 0.3 is 0 Å². The van der Waals surface area contributed by atoms with Crippen LogP contribution in [0.1, 0.15) is 0 Å². The quantitative estimate of drug-likeness (QED) is 0.916. The largest absolute Gasteiger partial charge is 0.398 e. The topological polar surface area (TPSA) is 68.3 Å². The van der Waals surface area contributed by atoms with E-state index in [1.54, 1.807) is 6.07 Å². The zero-order valence-corrected chi connectivity index (χ0v) is 10.9. The lowest BCUT2D eigenvalue weighted by atomic mass is 10.3. The van der Waals surface area contributed by atoms with Crippen LogP contribution in [-0.4, -0.2) is 17.5 Å². The van der Waals surface area contributed by atoms with Crippen LogP contribution >= 0.6 is 0 Å². The van der Waals surface area contributed by atoms with E-state index in [0.717, 1.165) is 0 Å². The zero-order chi connectivity index (χ0) is 14.7. The number of nitrogen functional groups attached to an aromatic ring is 1. The molecule has 0 fully saturated rings. The molecular weight excluding hydrogens is 261 g/mol. The number of pyridine rings is 1. The molecule has 0 saturated carbocycles. The maximum atomic E-state index is 13.1. The van der Waals surface area contributed by atoms with Crippen LogP contribution in [0.4, 0.5) is 15.8 Å². The van der Waals surface area contributed by atoms with Crippen molar-refractivity contribution < 1.29 is 9.18 Å². The van der Waals surface area contributed by atoms with Crippen LogP contribution in [0.15, 0.2) is 47.4 Å². The van der Waals surface area contributed by atoms with E-state index < -0.39 is 5.82 Å². The first-order valence-electron chi connectivity index (χ1n) is 5.95. The van der Waals surface area contributed by atoms with E-state index in [2.05, 4.69) is 0 Å². The molecule has 1 amide bonds. The number of amides is 1. The third-order valence-corrected chi connectivity index (χ3v) is 2.88. The van der Waals surface area contributed by atoms with Crippen LogP contribution in [0.2, 0.25) is 0 Å². The Morgan fingerprint density at radius 3 is 2.80 bits per heavy atom. The van der Waals surface area contributed by atoms with Crippen LogP contribution < -0.4 is 16.2 Å². The fraction of sp³-hybridized carbons (Fsp3) is 0.143. The summed E-state index contributed by atoms with van der Waals surface area (Å²) >= 11 is 0. The summed E-state index contributed by atoms with van der Waals surface area (Å²) in [5.41, 5.74) is 6.07. The van der Waals surface area contributed by atoms with Crippen LogP contribution in [0.25, 0.3) is 0 Å². The predicted octanol–water partition coefficient (Wildman–Crippen LogP) is 1.23. The number of nitrogens with zero attached hydrogens (tertiary/aromatic N) is 2. The lowest BCUT2D eigenvalue weighted by Crippen LogP contribution is -2.33. The summed E-state index contributed by atoms with van der Waals surface area (Å²) in [6.45, 7) is -0.156. The Morgan fingerprint density at radius 1 is 1.35 bits per heavy atom. The Balaban J connectivity index is 2.20. The smallest absolute Gasteiger partial charge is 0.251 e. The second-order valence-corrected chi connectivity index (χ2v) is 4.36. The maximum Gasteiger partial charge on any atom is 0.251 e. The summed E-state index contributed by atoms with van der Waals surface area (Å²) in [7, 11) is 1.52. The third kappa shape index (κ3) is 3.03. The molecule has 2 N–H and O–H groups in total. The minimum Gasteiger partial charge on any atom is -0.398 e. The van der Waals surface area contributed by atoms with Crippen LogP contribution in [0.3, 0.4) is 0 Å². The molecule has 0 aliphatic rings. The van der Waals surface area contributed by atoms with Gasteiger partial charge in [0.2, 0.25) is 5.91 Å². The van der Waals surface area contributed by atoms with Gasteiger partial charge < -0.3 is 15.2 Å². The highest BCUT2D eigenvalue weighted by Crippen LogP contribution is 2.14. The molecule has 2 rings (SSSR count). The molecule has 1 aromatic heterocycles. The molecule has 20 heavy (non-hydrogen) atoms. The minimum atomic E-state index is -0.428. The van der Waals surface area contributed by atoms with Gasteiger partial charge in [-0.15, -0.1) is 0 Å². The highest BCUT2D eigenvalue weighted by Gasteiger charge is 2.12. The van der Waals surface area contributed by atoms with Gasteiger partial charge in [0.1, 0.15) is 12.4 Å². The second kappa shape index (κ2) is 5.56. The van der Waals surface area contributed by atoms with Gasteiger partial charge in [-0.25, -0.2) is 4.39 Å². The van der Waals surface area contributed by atoms with Crippen molar-refractivity contribution in [2.24, 2.45) is 0 Å². The number of rotatable bonds is 3. The van der Waals surface area contributed by atoms with Gasteiger partial charge in [-0.1, -0.05) is 6.07 Å².